The molecule has 1 aliphatic rings. The molecule has 0 saturated carbocycles. The molecule has 3 rings (SSSR count). The first-order valence-corrected chi connectivity index (χ1v) is 8.14. The lowest BCUT2D eigenvalue weighted by Gasteiger charge is -2.26. The number of unbranched alkanes of at least 4 members (excludes halogenated alkanes) is 1. The lowest BCUT2D eigenvalue weighted by molar-refractivity contribution is -0.109. The van der Waals surface area contributed by atoms with Crippen LogP contribution in [0.15, 0.2) is 24.3 Å². The van der Waals surface area contributed by atoms with Crippen LogP contribution in [0.5, 0.6) is 0 Å². The van der Waals surface area contributed by atoms with Crippen LogP contribution >= 0.6 is 0 Å². The van der Waals surface area contributed by atoms with E-state index in [0.717, 1.165) is 54.5 Å². The normalized spacial score (nSPS) is 16.2. The number of carbonyl (C=O) groups is 1. The summed E-state index contributed by atoms with van der Waals surface area (Å²) in [4.78, 5) is 17.2. The van der Waals surface area contributed by atoms with Crippen molar-refractivity contribution in [3.8, 4) is 0 Å². The molecule has 2 heterocycles. The van der Waals surface area contributed by atoms with Crippen molar-refractivity contribution in [3.05, 3.63) is 24.3 Å². The molecular formula is C17H23N5O. The molecule has 2 aromatic rings. The van der Waals surface area contributed by atoms with Crippen molar-refractivity contribution in [3.63, 3.8) is 0 Å². The highest BCUT2D eigenvalue weighted by molar-refractivity contribution is 6.04. The maximum Gasteiger partial charge on any atom is 0.207 e. The predicted octanol–water partition coefficient (Wildman–Crippen LogP) is 2.31. The van der Waals surface area contributed by atoms with Gasteiger partial charge in [0.1, 0.15) is 11.5 Å². The van der Waals surface area contributed by atoms with E-state index in [4.69, 9.17) is 5.73 Å². The summed E-state index contributed by atoms with van der Waals surface area (Å²) in [6, 6.07) is 8.11. The minimum atomic E-state index is 0.235. The first-order chi connectivity index (χ1) is 11.3. The van der Waals surface area contributed by atoms with E-state index in [1.807, 2.05) is 18.2 Å². The molecule has 0 fully saturated rings. The highest BCUT2D eigenvalue weighted by Crippen LogP contribution is 2.43. The van der Waals surface area contributed by atoms with E-state index in [0.29, 0.717) is 12.4 Å². The maximum atomic E-state index is 10.3. The number of aromatic nitrogens is 1. The number of rotatable bonds is 7. The second-order valence-electron chi connectivity index (χ2n) is 5.78. The van der Waals surface area contributed by atoms with Crippen molar-refractivity contribution in [2.75, 3.05) is 29.0 Å². The fourth-order valence-corrected chi connectivity index (χ4v) is 3.21. The molecule has 6 nitrogen and oxygen atoms in total. The van der Waals surface area contributed by atoms with Crippen LogP contribution in [0.3, 0.4) is 0 Å². The van der Waals surface area contributed by atoms with Crippen LogP contribution in [0.25, 0.3) is 10.9 Å². The zero-order valence-electron chi connectivity index (χ0n) is 13.4. The predicted molar refractivity (Wildman–Crippen MR) is 94.5 cm³/mol. The van der Waals surface area contributed by atoms with Crippen LogP contribution in [0.4, 0.5) is 17.2 Å². The number of nitrogens with zero attached hydrogens (tertiary/aromatic N) is 2. The van der Waals surface area contributed by atoms with Crippen molar-refractivity contribution in [2.45, 2.75) is 32.4 Å². The van der Waals surface area contributed by atoms with E-state index in [1.54, 1.807) is 0 Å². The van der Waals surface area contributed by atoms with Crippen LogP contribution in [-0.4, -0.2) is 30.6 Å². The lowest BCUT2D eigenvalue weighted by atomic mass is 10.1. The number of para-hydroxylation sites is 1. The maximum absolute atomic E-state index is 10.3. The molecule has 122 valence electrons. The number of fused-ring (bicyclic) bond motifs is 3. The van der Waals surface area contributed by atoms with Crippen molar-refractivity contribution in [1.82, 2.24) is 10.3 Å². The third-order valence-corrected chi connectivity index (χ3v) is 4.31. The molecule has 23 heavy (non-hydrogen) atoms. The van der Waals surface area contributed by atoms with E-state index in [9.17, 15) is 4.79 Å². The zero-order valence-corrected chi connectivity index (χ0v) is 13.4. The molecule has 0 saturated heterocycles. The number of nitrogens with two attached hydrogens (primary N) is 1. The molecule has 0 aliphatic carbocycles. The van der Waals surface area contributed by atoms with Crippen molar-refractivity contribution in [2.24, 2.45) is 0 Å². The van der Waals surface area contributed by atoms with Gasteiger partial charge in [0.05, 0.1) is 17.4 Å². The topological polar surface area (TPSA) is 83.3 Å². The van der Waals surface area contributed by atoms with Gasteiger partial charge in [0.15, 0.2) is 0 Å². The molecule has 1 atom stereocenters. The minimum Gasteiger partial charge on any atom is -0.382 e. The van der Waals surface area contributed by atoms with Gasteiger partial charge in [0, 0.05) is 18.5 Å². The molecule has 1 aromatic heterocycles. The molecule has 4 N–H and O–H groups in total. The SMILES string of the molecule is CCC1Nc2c(N)nc3ccccc3c2N1CCCCNC=O. The Morgan fingerprint density at radius 3 is 3.00 bits per heavy atom. The Kier molecular flexibility index (Phi) is 4.50. The number of pyridine rings is 1. The van der Waals surface area contributed by atoms with Gasteiger partial charge in [0.2, 0.25) is 6.41 Å². The van der Waals surface area contributed by atoms with E-state index in [2.05, 4.69) is 33.5 Å². The summed E-state index contributed by atoms with van der Waals surface area (Å²) in [5.41, 5.74) is 9.19. The number of nitrogens with one attached hydrogen (secondary N) is 2. The Labute approximate surface area is 136 Å². The number of amides is 1. The third-order valence-electron chi connectivity index (χ3n) is 4.31. The summed E-state index contributed by atoms with van der Waals surface area (Å²) in [5.74, 6) is 0.558. The van der Waals surface area contributed by atoms with Crippen molar-refractivity contribution >= 4 is 34.5 Å². The Morgan fingerprint density at radius 2 is 2.22 bits per heavy atom. The first-order valence-electron chi connectivity index (χ1n) is 8.14. The quantitative estimate of drug-likeness (QED) is 0.540. The Hall–Kier alpha value is -2.50. The summed E-state index contributed by atoms with van der Waals surface area (Å²) in [7, 11) is 0. The summed E-state index contributed by atoms with van der Waals surface area (Å²) in [6.07, 6.45) is 3.93. The third kappa shape index (κ3) is 2.88. The van der Waals surface area contributed by atoms with Crippen LogP contribution in [0, 0.1) is 0 Å². The summed E-state index contributed by atoms with van der Waals surface area (Å²) >= 11 is 0. The van der Waals surface area contributed by atoms with E-state index in [-0.39, 0.29) is 6.17 Å². The fraction of sp³-hybridized carbons (Fsp3) is 0.412. The molecule has 1 aliphatic heterocycles. The lowest BCUT2D eigenvalue weighted by Crippen LogP contribution is -2.36. The summed E-state index contributed by atoms with van der Waals surface area (Å²) in [6.45, 7) is 3.80. The molecule has 0 bridgehead atoms. The molecule has 1 unspecified atom stereocenters. The van der Waals surface area contributed by atoms with Gasteiger partial charge in [-0.05, 0) is 25.3 Å². The highest BCUT2D eigenvalue weighted by Gasteiger charge is 2.31. The average Bonchev–Trinajstić information content (AvgIpc) is 2.94. The first kappa shape index (κ1) is 15.4. The minimum absolute atomic E-state index is 0.235. The Balaban J connectivity index is 1.90. The van der Waals surface area contributed by atoms with Crippen LogP contribution in [0.1, 0.15) is 26.2 Å². The number of hydrogen-bond acceptors (Lipinski definition) is 5. The molecule has 1 aromatic carbocycles. The monoisotopic (exact) mass is 313 g/mol. The number of anilines is 3. The smallest absolute Gasteiger partial charge is 0.207 e. The number of hydrogen-bond donors (Lipinski definition) is 3. The van der Waals surface area contributed by atoms with Gasteiger partial charge in [-0.15, -0.1) is 0 Å². The van der Waals surface area contributed by atoms with Gasteiger partial charge < -0.3 is 21.3 Å². The zero-order chi connectivity index (χ0) is 16.2. The van der Waals surface area contributed by atoms with Gasteiger partial charge in [-0.2, -0.15) is 0 Å². The second kappa shape index (κ2) is 6.73. The molecule has 0 spiro atoms. The van der Waals surface area contributed by atoms with Gasteiger partial charge in [-0.25, -0.2) is 4.98 Å². The number of carbonyl (C=O) groups excluding carboxylic acids is 1. The molecule has 1 amide bonds. The van der Waals surface area contributed by atoms with E-state index < -0.39 is 0 Å². The fourth-order valence-electron chi connectivity index (χ4n) is 3.21. The van der Waals surface area contributed by atoms with Crippen LogP contribution in [0.2, 0.25) is 0 Å². The van der Waals surface area contributed by atoms with Crippen LogP contribution < -0.4 is 21.3 Å². The van der Waals surface area contributed by atoms with E-state index in [1.165, 1.54) is 0 Å². The molecule has 0 radical (unpaired) electrons. The Morgan fingerprint density at radius 1 is 1.39 bits per heavy atom. The van der Waals surface area contributed by atoms with E-state index >= 15 is 0 Å². The standard InChI is InChI=1S/C17H23N5O/c1-2-14-21-15-16(22(14)10-6-5-9-19-11-23)12-7-3-4-8-13(12)20-17(15)18/h3-4,7-8,11,14,21H,2,5-6,9-10H2,1H3,(H2,18,20)(H,19,23). The Bertz CT molecular complexity index is 703. The number of nitrogen functional groups attached to an aromatic ring is 1. The van der Waals surface area contributed by atoms with Gasteiger partial charge in [0.25, 0.3) is 0 Å². The van der Waals surface area contributed by atoms with Crippen molar-refractivity contribution < 1.29 is 4.79 Å². The second-order valence-corrected chi connectivity index (χ2v) is 5.78. The average molecular weight is 313 g/mol. The summed E-state index contributed by atoms with van der Waals surface area (Å²) in [5, 5.41) is 7.36. The largest absolute Gasteiger partial charge is 0.382 e. The van der Waals surface area contributed by atoms with Gasteiger partial charge in [-0.1, -0.05) is 25.1 Å². The molecule has 6 heteroatoms. The van der Waals surface area contributed by atoms with Gasteiger partial charge in [-0.3, -0.25) is 4.79 Å². The molecular weight excluding hydrogens is 290 g/mol. The number of benzene rings is 1. The highest BCUT2D eigenvalue weighted by atomic mass is 16.1. The van der Waals surface area contributed by atoms with Crippen molar-refractivity contribution in [1.29, 1.82) is 0 Å². The summed E-state index contributed by atoms with van der Waals surface area (Å²) < 4.78 is 0. The van der Waals surface area contributed by atoms with Gasteiger partial charge >= 0.3 is 0 Å². The van der Waals surface area contributed by atoms with Crippen LogP contribution in [-0.2, 0) is 4.79 Å².